The first-order valence-corrected chi connectivity index (χ1v) is 6.55. The molecule has 2 heteroatoms. The Labute approximate surface area is 66.4 Å². The SMILES string of the molecule is CP1(C)=CC=c2[nH]ccc2=C1. The lowest BCUT2D eigenvalue weighted by molar-refractivity contribution is 1.32. The maximum absolute atomic E-state index is 3.20. The molecule has 58 valence electrons. The van der Waals surface area contributed by atoms with Crippen LogP contribution >= 0.6 is 6.89 Å². The summed E-state index contributed by atoms with van der Waals surface area (Å²) >= 11 is 0. The fraction of sp³-hybridized carbons (Fsp3) is 0.222. The van der Waals surface area contributed by atoms with Gasteiger partial charge in [0.1, 0.15) is 0 Å². The van der Waals surface area contributed by atoms with Gasteiger partial charge in [0.15, 0.2) is 0 Å². The average molecular weight is 165 g/mol. The van der Waals surface area contributed by atoms with Crippen LogP contribution in [-0.2, 0) is 0 Å². The molecule has 1 N–H and O–H groups in total. The third-order valence-electron chi connectivity index (χ3n) is 1.91. The van der Waals surface area contributed by atoms with Gasteiger partial charge in [-0.25, -0.2) is 0 Å². The fourth-order valence-corrected chi connectivity index (χ4v) is 2.88. The Kier molecular flexibility index (Phi) is 1.37. The molecule has 2 rings (SSSR count). The van der Waals surface area contributed by atoms with E-state index in [1.54, 1.807) is 0 Å². The van der Waals surface area contributed by atoms with Crippen molar-refractivity contribution in [3.63, 3.8) is 0 Å². The summed E-state index contributed by atoms with van der Waals surface area (Å²) < 4.78 is 0. The summed E-state index contributed by atoms with van der Waals surface area (Å²) in [6.07, 6.45) is 4.19. The molecular formula is C9H12NP. The predicted molar refractivity (Wildman–Crippen MR) is 53.8 cm³/mol. The minimum atomic E-state index is -0.861. The van der Waals surface area contributed by atoms with Gasteiger partial charge in [-0.2, -0.15) is 0 Å². The quantitative estimate of drug-likeness (QED) is 0.543. The number of nitrogens with one attached hydrogen (secondary N) is 1. The molecule has 0 atom stereocenters. The Morgan fingerprint density at radius 2 is 2.18 bits per heavy atom. The maximum Gasteiger partial charge on any atom is 0.0454 e. The van der Waals surface area contributed by atoms with Gasteiger partial charge < -0.3 is 4.98 Å². The van der Waals surface area contributed by atoms with Crippen molar-refractivity contribution in [2.24, 2.45) is 0 Å². The lowest BCUT2D eigenvalue weighted by Crippen LogP contribution is -2.24. The first-order chi connectivity index (χ1) is 5.17. The van der Waals surface area contributed by atoms with Gasteiger partial charge in [0.25, 0.3) is 0 Å². The molecule has 1 aromatic rings. The molecule has 1 nitrogen and oxygen atoms in total. The first kappa shape index (κ1) is 7.00. The van der Waals surface area contributed by atoms with E-state index in [4.69, 9.17) is 0 Å². The zero-order valence-electron chi connectivity index (χ0n) is 6.83. The van der Waals surface area contributed by atoms with E-state index in [-0.39, 0.29) is 0 Å². The number of hydrogen-bond acceptors (Lipinski definition) is 0. The number of fused-ring (bicyclic) bond motifs is 1. The van der Waals surface area contributed by atoms with E-state index in [1.165, 1.54) is 10.6 Å². The largest absolute Gasteiger partial charge is 0.361 e. The highest BCUT2D eigenvalue weighted by atomic mass is 31.2. The summed E-state index contributed by atoms with van der Waals surface area (Å²) in [5.74, 6) is 4.71. The van der Waals surface area contributed by atoms with Crippen LogP contribution in [-0.4, -0.2) is 24.1 Å². The molecule has 0 spiro atoms. The van der Waals surface area contributed by atoms with E-state index >= 15 is 0 Å². The molecule has 0 bridgehead atoms. The molecule has 0 amide bonds. The van der Waals surface area contributed by atoms with E-state index in [9.17, 15) is 0 Å². The van der Waals surface area contributed by atoms with Crippen LogP contribution in [0.15, 0.2) is 12.3 Å². The Morgan fingerprint density at radius 3 is 3.00 bits per heavy atom. The van der Waals surface area contributed by atoms with E-state index in [0.29, 0.717) is 0 Å². The van der Waals surface area contributed by atoms with Crippen molar-refractivity contribution >= 4 is 24.6 Å². The molecule has 0 aromatic carbocycles. The summed E-state index contributed by atoms with van der Waals surface area (Å²) in [7, 11) is 0. The standard InChI is InChI=1S/C9H12NP/c1-11(2)6-4-9-8(7-11)3-5-10-9/h3-7,10H,1-2H3. The van der Waals surface area contributed by atoms with Gasteiger partial charge in [-0.3, -0.25) is 0 Å². The molecule has 1 aliphatic rings. The van der Waals surface area contributed by atoms with Crippen LogP contribution in [0.4, 0.5) is 0 Å². The van der Waals surface area contributed by atoms with Crippen molar-refractivity contribution in [2.45, 2.75) is 0 Å². The highest BCUT2D eigenvalue weighted by Crippen LogP contribution is 2.39. The van der Waals surface area contributed by atoms with Crippen molar-refractivity contribution in [3.05, 3.63) is 22.8 Å². The van der Waals surface area contributed by atoms with Gasteiger partial charge in [0.05, 0.1) is 0 Å². The second-order valence-electron chi connectivity index (χ2n) is 3.42. The summed E-state index contributed by atoms with van der Waals surface area (Å²) in [5.41, 5.74) is 0. The third kappa shape index (κ3) is 1.21. The van der Waals surface area contributed by atoms with Gasteiger partial charge >= 0.3 is 0 Å². The summed E-state index contributed by atoms with van der Waals surface area (Å²) in [6.45, 7) is 3.78. The minimum absolute atomic E-state index is 0.861. The van der Waals surface area contributed by atoms with Crippen LogP contribution in [0, 0.1) is 0 Å². The van der Waals surface area contributed by atoms with Crippen LogP contribution in [0.25, 0.3) is 11.9 Å². The molecule has 1 aliphatic heterocycles. The number of aromatic amines is 1. The monoisotopic (exact) mass is 165 g/mol. The highest BCUT2D eigenvalue weighted by molar-refractivity contribution is 7.81. The number of aromatic nitrogens is 1. The van der Waals surface area contributed by atoms with E-state index in [2.05, 4.69) is 42.1 Å². The zero-order chi connectivity index (χ0) is 7.90. The van der Waals surface area contributed by atoms with Crippen LogP contribution in [0.5, 0.6) is 0 Å². The lowest BCUT2D eigenvalue weighted by atomic mass is 10.4. The molecule has 0 aliphatic carbocycles. The summed E-state index contributed by atoms with van der Waals surface area (Å²) in [6, 6.07) is 2.14. The number of H-pyrrole nitrogens is 1. The Bertz CT molecular complexity index is 430. The fourth-order valence-electron chi connectivity index (χ4n) is 1.32. The van der Waals surface area contributed by atoms with Crippen LogP contribution < -0.4 is 10.6 Å². The topological polar surface area (TPSA) is 15.8 Å². The normalized spacial score (nSPS) is 19.1. The lowest BCUT2D eigenvalue weighted by Gasteiger charge is -2.08. The molecule has 11 heavy (non-hydrogen) atoms. The van der Waals surface area contributed by atoms with Crippen LogP contribution in [0.1, 0.15) is 0 Å². The smallest absolute Gasteiger partial charge is 0.0454 e. The second-order valence-corrected chi connectivity index (χ2v) is 7.24. The zero-order valence-corrected chi connectivity index (χ0v) is 7.73. The summed E-state index contributed by atoms with van der Waals surface area (Å²) in [4.78, 5) is 3.20. The molecule has 0 fully saturated rings. The molecular weight excluding hydrogens is 153 g/mol. The molecule has 0 unspecified atom stereocenters. The van der Waals surface area contributed by atoms with Gasteiger partial charge in [-0.05, 0) is 30.7 Å². The first-order valence-electron chi connectivity index (χ1n) is 3.73. The van der Waals surface area contributed by atoms with Gasteiger partial charge in [0.2, 0.25) is 0 Å². The molecule has 2 heterocycles. The van der Waals surface area contributed by atoms with Crippen LogP contribution in [0.3, 0.4) is 0 Å². The Balaban J connectivity index is 2.84. The van der Waals surface area contributed by atoms with Gasteiger partial charge in [-0.15, -0.1) is 0 Å². The third-order valence-corrected chi connectivity index (χ3v) is 3.77. The molecule has 1 aromatic heterocycles. The summed E-state index contributed by atoms with van der Waals surface area (Å²) in [5, 5.41) is 2.62. The van der Waals surface area contributed by atoms with E-state index in [1.807, 2.05) is 6.20 Å². The predicted octanol–water partition coefficient (Wildman–Crippen LogP) is 0.626. The highest BCUT2D eigenvalue weighted by Gasteiger charge is 2.00. The molecule has 0 radical (unpaired) electrons. The van der Waals surface area contributed by atoms with Crippen LogP contribution in [0.2, 0.25) is 0 Å². The number of hydrogen-bond donors (Lipinski definition) is 1. The maximum atomic E-state index is 3.20. The van der Waals surface area contributed by atoms with Crippen molar-refractivity contribution in [2.75, 3.05) is 13.3 Å². The molecule has 0 saturated carbocycles. The van der Waals surface area contributed by atoms with Gasteiger partial charge in [-0.1, -0.05) is 18.5 Å². The second kappa shape index (κ2) is 2.15. The number of rotatable bonds is 0. The Morgan fingerprint density at radius 1 is 1.36 bits per heavy atom. The van der Waals surface area contributed by atoms with Crippen molar-refractivity contribution in [1.82, 2.24) is 4.98 Å². The van der Waals surface area contributed by atoms with Crippen molar-refractivity contribution in [1.29, 1.82) is 0 Å². The average Bonchev–Trinajstić information content (AvgIpc) is 2.31. The van der Waals surface area contributed by atoms with Gasteiger partial charge in [0, 0.05) is 11.5 Å². The van der Waals surface area contributed by atoms with Crippen molar-refractivity contribution in [3.8, 4) is 0 Å². The van der Waals surface area contributed by atoms with E-state index < -0.39 is 6.89 Å². The minimum Gasteiger partial charge on any atom is -0.361 e. The van der Waals surface area contributed by atoms with Crippen molar-refractivity contribution < 1.29 is 0 Å². The van der Waals surface area contributed by atoms with E-state index in [0.717, 1.165) is 0 Å². The molecule has 0 saturated heterocycles. The Hall–Kier alpha value is -0.680.